The number of anilines is 1. The largest absolute Gasteiger partial charge is 0.333 e. The van der Waals surface area contributed by atoms with Gasteiger partial charge in [-0.2, -0.15) is 0 Å². The van der Waals surface area contributed by atoms with E-state index in [-0.39, 0.29) is 35.7 Å². The summed E-state index contributed by atoms with van der Waals surface area (Å²) in [5.41, 5.74) is 3.27. The van der Waals surface area contributed by atoms with Crippen LogP contribution in [0.4, 0.5) is 5.69 Å². The zero-order valence-corrected chi connectivity index (χ0v) is 11.4. The number of nitrogen functional groups attached to an aromatic ring is 1. The summed E-state index contributed by atoms with van der Waals surface area (Å²) in [7, 11) is -3.04. The van der Waals surface area contributed by atoms with Crippen LogP contribution in [-0.4, -0.2) is 48.3 Å². The van der Waals surface area contributed by atoms with Gasteiger partial charge < -0.3 is 10.3 Å². The molecule has 1 aromatic rings. The maximum absolute atomic E-state index is 12.3. The first-order valence-corrected chi connectivity index (χ1v) is 7.69. The van der Waals surface area contributed by atoms with Gasteiger partial charge in [0.25, 0.3) is 5.91 Å². The van der Waals surface area contributed by atoms with Crippen LogP contribution >= 0.6 is 0 Å². The highest BCUT2D eigenvalue weighted by Gasteiger charge is 2.32. The molecule has 2 rings (SSSR count). The van der Waals surface area contributed by atoms with Crippen LogP contribution in [0, 0.1) is 0 Å². The normalized spacial score (nSPS) is 22.0. The molecule has 0 radical (unpaired) electrons. The van der Waals surface area contributed by atoms with Gasteiger partial charge in [0, 0.05) is 18.8 Å². The highest BCUT2D eigenvalue weighted by Crippen LogP contribution is 2.16. The third-order valence-electron chi connectivity index (χ3n) is 3.08. The maximum atomic E-state index is 12.3. The zero-order chi connectivity index (χ0) is 14.0. The lowest BCUT2D eigenvalue weighted by Gasteiger charge is -2.32. The van der Waals surface area contributed by atoms with Crippen molar-refractivity contribution in [2.24, 2.45) is 5.84 Å². The molecule has 3 N–H and O–H groups in total. The van der Waals surface area contributed by atoms with E-state index in [1.54, 1.807) is 13.0 Å². The van der Waals surface area contributed by atoms with Crippen molar-refractivity contribution in [3.63, 3.8) is 0 Å². The fourth-order valence-corrected chi connectivity index (χ4v) is 3.64. The molecule has 0 bridgehead atoms. The van der Waals surface area contributed by atoms with Crippen molar-refractivity contribution in [1.29, 1.82) is 0 Å². The van der Waals surface area contributed by atoms with E-state index in [2.05, 4.69) is 10.4 Å². The van der Waals surface area contributed by atoms with Gasteiger partial charge in [0.2, 0.25) is 0 Å². The first-order valence-electron chi connectivity index (χ1n) is 5.87. The lowest BCUT2D eigenvalue weighted by molar-refractivity contribution is 0.0706. The number of hydrazine groups is 1. The van der Waals surface area contributed by atoms with Gasteiger partial charge in [0.05, 0.1) is 17.2 Å². The molecule has 0 aliphatic carbocycles. The molecule has 1 aliphatic rings. The van der Waals surface area contributed by atoms with E-state index in [9.17, 15) is 13.2 Å². The summed E-state index contributed by atoms with van der Waals surface area (Å²) in [6.45, 7) is 1.92. The molecule has 104 valence electrons. The number of carbonyl (C=O) groups is 1. The number of carbonyl (C=O) groups excluding carboxylic acids is 1. The standard InChI is InChI=1S/C11H16N4O3S/c1-8-7-19(17,18)5-4-15(8)11(16)10-6-9(14-12)2-3-13-10/h2-3,6,8H,4-5,7,12H2,1H3,(H,13,14). The third kappa shape index (κ3) is 3.02. The molecule has 19 heavy (non-hydrogen) atoms. The second-order valence-electron chi connectivity index (χ2n) is 4.54. The van der Waals surface area contributed by atoms with Gasteiger partial charge in [0.1, 0.15) is 5.69 Å². The van der Waals surface area contributed by atoms with Gasteiger partial charge in [-0.3, -0.25) is 15.6 Å². The van der Waals surface area contributed by atoms with Gasteiger partial charge in [-0.25, -0.2) is 8.42 Å². The van der Waals surface area contributed by atoms with Gasteiger partial charge in [-0.1, -0.05) is 0 Å². The highest BCUT2D eigenvalue weighted by molar-refractivity contribution is 7.91. The fourth-order valence-electron chi connectivity index (χ4n) is 2.08. The predicted molar refractivity (Wildman–Crippen MR) is 71.2 cm³/mol. The molecule has 1 fully saturated rings. The van der Waals surface area contributed by atoms with E-state index in [1.807, 2.05) is 0 Å². The summed E-state index contributed by atoms with van der Waals surface area (Å²) < 4.78 is 23.0. The van der Waals surface area contributed by atoms with Crippen LogP contribution in [0.5, 0.6) is 0 Å². The average molecular weight is 284 g/mol. The van der Waals surface area contributed by atoms with E-state index < -0.39 is 9.84 Å². The number of aromatic nitrogens is 1. The Hall–Kier alpha value is -1.67. The number of pyridine rings is 1. The Morgan fingerprint density at radius 2 is 2.32 bits per heavy atom. The predicted octanol–water partition coefficient (Wildman–Crippen LogP) is -0.374. The Bertz CT molecular complexity index is 587. The lowest BCUT2D eigenvalue weighted by atomic mass is 10.2. The van der Waals surface area contributed by atoms with E-state index in [1.165, 1.54) is 17.2 Å². The van der Waals surface area contributed by atoms with Crippen molar-refractivity contribution in [2.75, 3.05) is 23.5 Å². The van der Waals surface area contributed by atoms with Gasteiger partial charge in [0.15, 0.2) is 9.84 Å². The number of hydrogen-bond acceptors (Lipinski definition) is 6. The van der Waals surface area contributed by atoms with E-state index in [4.69, 9.17) is 5.84 Å². The number of rotatable bonds is 2. The Balaban J connectivity index is 2.20. The molecular formula is C11H16N4O3S. The summed E-state index contributed by atoms with van der Waals surface area (Å²) in [5, 5.41) is 0. The summed E-state index contributed by atoms with van der Waals surface area (Å²) >= 11 is 0. The lowest BCUT2D eigenvalue weighted by Crippen LogP contribution is -2.49. The second kappa shape index (κ2) is 5.14. The topological polar surface area (TPSA) is 105 Å². The van der Waals surface area contributed by atoms with Crippen LogP contribution in [0.1, 0.15) is 17.4 Å². The van der Waals surface area contributed by atoms with E-state index in [0.29, 0.717) is 5.69 Å². The third-order valence-corrected chi connectivity index (χ3v) is 4.87. The summed E-state index contributed by atoms with van der Waals surface area (Å²) in [6.07, 6.45) is 1.48. The van der Waals surface area contributed by atoms with Crippen LogP contribution in [-0.2, 0) is 9.84 Å². The number of sulfone groups is 1. The summed E-state index contributed by atoms with van der Waals surface area (Å²) in [5.74, 6) is 4.99. The van der Waals surface area contributed by atoms with Crippen molar-refractivity contribution in [3.05, 3.63) is 24.0 Å². The molecule has 8 heteroatoms. The Labute approximate surface area is 111 Å². The minimum Gasteiger partial charge on any atom is -0.333 e. The number of hydrogen-bond donors (Lipinski definition) is 2. The Morgan fingerprint density at radius 3 is 2.95 bits per heavy atom. The smallest absolute Gasteiger partial charge is 0.272 e. The van der Waals surface area contributed by atoms with Crippen LogP contribution in [0.15, 0.2) is 18.3 Å². The van der Waals surface area contributed by atoms with Crippen LogP contribution in [0.3, 0.4) is 0 Å². The van der Waals surface area contributed by atoms with Crippen LogP contribution < -0.4 is 11.3 Å². The quantitative estimate of drug-likeness (QED) is 0.567. The molecule has 1 aromatic heterocycles. The first kappa shape index (κ1) is 13.8. The van der Waals surface area contributed by atoms with Gasteiger partial charge >= 0.3 is 0 Å². The number of nitrogens with two attached hydrogens (primary N) is 1. The van der Waals surface area contributed by atoms with Crippen molar-refractivity contribution in [2.45, 2.75) is 13.0 Å². The number of nitrogens with zero attached hydrogens (tertiary/aromatic N) is 2. The van der Waals surface area contributed by atoms with Gasteiger partial charge in [-0.05, 0) is 19.1 Å². The SMILES string of the molecule is CC1CS(=O)(=O)CCN1C(=O)c1cc(NN)ccn1. The molecule has 1 aliphatic heterocycles. The summed E-state index contributed by atoms with van der Waals surface area (Å²) in [4.78, 5) is 17.8. The van der Waals surface area contributed by atoms with Gasteiger partial charge in [-0.15, -0.1) is 0 Å². The highest BCUT2D eigenvalue weighted by atomic mass is 32.2. The molecule has 1 atom stereocenters. The molecule has 2 heterocycles. The van der Waals surface area contributed by atoms with Crippen molar-refractivity contribution < 1.29 is 13.2 Å². The molecule has 1 amide bonds. The Morgan fingerprint density at radius 1 is 1.58 bits per heavy atom. The number of nitrogens with one attached hydrogen (secondary N) is 1. The second-order valence-corrected chi connectivity index (χ2v) is 6.76. The summed E-state index contributed by atoms with van der Waals surface area (Å²) in [6, 6.07) is 2.83. The number of amides is 1. The minimum absolute atomic E-state index is 0.00207. The van der Waals surface area contributed by atoms with E-state index in [0.717, 1.165) is 0 Å². The molecular weight excluding hydrogens is 268 g/mol. The minimum atomic E-state index is -3.04. The monoisotopic (exact) mass is 284 g/mol. The van der Waals surface area contributed by atoms with Crippen LogP contribution in [0.25, 0.3) is 0 Å². The molecule has 0 aromatic carbocycles. The zero-order valence-electron chi connectivity index (χ0n) is 10.5. The van der Waals surface area contributed by atoms with E-state index >= 15 is 0 Å². The maximum Gasteiger partial charge on any atom is 0.272 e. The molecule has 1 saturated heterocycles. The Kier molecular flexibility index (Phi) is 3.72. The van der Waals surface area contributed by atoms with Crippen LogP contribution in [0.2, 0.25) is 0 Å². The fraction of sp³-hybridized carbons (Fsp3) is 0.455. The molecule has 7 nitrogen and oxygen atoms in total. The van der Waals surface area contributed by atoms with Crippen molar-refractivity contribution >= 4 is 21.4 Å². The molecule has 0 saturated carbocycles. The molecule has 0 spiro atoms. The van der Waals surface area contributed by atoms with Crippen molar-refractivity contribution in [1.82, 2.24) is 9.88 Å². The molecule has 1 unspecified atom stereocenters. The van der Waals surface area contributed by atoms with Crippen molar-refractivity contribution in [3.8, 4) is 0 Å². The first-order chi connectivity index (χ1) is 8.93. The average Bonchev–Trinajstić information content (AvgIpc) is 2.37.